The largest absolute Gasteiger partial charge is 0.497 e. The van der Waals surface area contributed by atoms with Crippen molar-refractivity contribution in [2.24, 2.45) is 0 Å². The number of amides is 1. The monoisotopic (exact) mass is 402 g/mol. The lowest BCUT2D eigenvalue weighted by Gasteiger charge is -2.16. The molecule has 7 nitrogen and oxygen atoms in total. The molecule has 0 unspecified atom stereocenters. The number of nitrogens with one attached hydrogen (secondary N) is 1. The van der Waals surface area contributed by atoms with Gasteiger partial charge in [0.05, 0.1) is 25.0 Å². The van der Waals surface area contributed by atoms with Crippen LogP contribution in [0.5, 0.6) is 5.75 Å². The topological polar surface area (TPSA) is 78.3 Å². The molecular formula is C20H26N4O3S. The van der Waals surface area contributed by atoms with E-state index in [-0.39, 0.29) is 17.3 Å². The molecule has 0 bridgehead atoms. The molecule has 2 aliphatic rings. The molecule has 2 atom stereocenters. The fourth-order valence-corrected chi connectivity index (χ4v) is 4.11. The van der Waals surface area contributed by atoms with Gasteiger partial charge in [-0.2, -0.15) is 0 Å². The second-order valence-corrected chi connectivity index (χ2v) is 8.63. The van der Waals surface area contributed by atoms with E-state index < -0.39 is 0 Å². The minimum Gasteiger partial charge on any atom is -0.497 e. The van der Waals surface area contributed by atoms with Crippen molar-refractivity contribution in [1.29, 1.82) is 0 Å². The van der Waals surface area contributed by atoms with Crippen molar-refractivity contribution in [2.45, 2.75) is 61.7 Å². The van der Waals surface area contributed by atoms with Crippen molar-refractivity contribution in [3.05, 3.63) is 24.3 Å². The molecule has 1 amide bonds. The number of thioether (sulfide) groups is 1. The van der Waals surface area contributed by atoms with Crippen LogP contribution >= 0.6 is 11.8 Å². The number of benzene rings is 1. The molecule has 1 aliphatic heterocycles. The van der Waals surface area contributed by atoms with E-state index in [1.165, 1.54) is 11.8 Å². The van der Waals surface area contributed by atoms with E-state index in [0.717, 1.165) is 54.6 Å². The van der Waals surface area contributed by atoms with Crippen molar-refractivity contribution >= 4 is 17.7 Å². The SMILES string of the molecule is COc1ccc(-c2nnc(S[C@H](C)C(=O)NC3CC3)n2C[C@@H]2CCCO2)cc1. The fraction of sp³-hybridized carbons (Fsp3) is 0.550. The van der Waals surface area contributed by atoms with Gasteiger partial charge in [0.1, 0.15) is 5.75 Å². The van der Waals surface area contributed by atoms with E-state index in [4.69, 9.17) is 9.47 Å². The van der Waals surface area contributed by atoms with Crippen molar-refractivity contribution in [2.75, 3.05) is 13.7 Å². The molecule has 1 N–H and O–H groups in total. The zero-order valence-corrected chi connectivity index (χ0v) is 17.1. The lowest BCUT2D eigenvalue weighted by atomic mass is 10.2. The summed E-state index contributed by atoms with van der Waals surface area (Å²) in [5, 5.41) is 12.4. The molecule has 4 rings (SSSR count). The first-order chi connectivity index (χ1) is 13.6. The van der Waals surface area contributed by atoms with Crippen LogP contribution in [0.25, 0.3) is 11.4 Å². The smallest absolute Gasteiger partial charge is 0.233 e. The number of hydrogen-bond acceptors (Lipinski definition) is 6. The zero-order valence-electron chi connectivity index (χ0n) is 16.3. The lowest BCUT2D eigenvalue weighted by molar-refractivity contribution is -0.120. The van der Waals surface area contributed by atoms with Crippen LogP contribution in [0.2, 0.25) is 0 Å². The highest BCUT2D eigenvalue weighted by Crippen LogP contribution is 2.30. The second kappa shape index (κ2) is 8.53. The third-order valence-corrected chi connectivity index (χ3v) is 6.13. The second-order valence-electron chi connectivity index (χ2n) is 7.32. The Bertz CT molecular complexity index is 813. The molecular weight excluding hydrogens is 376 g/mol. The summed E-state index contributed by atoms with van der Waals surface area (Å²) in [5.41, 5.74) is 0.966. The van der Waals surface area contributed by atoms with Crippen molar-refractivity contribution < 1.29 is 14.3 Å². The van der Waals surface area contributed by atoms with Crippen LogP contribution in [0.3, 0.4) is 0 Å². The van der Waals surface area contributed by atoms with Crippen LogP contribution in [0.1, 0.15) is 32.6 Å². The predicted octanol–water partition coefficient (Wildman–Crippen LogP) is 2.89. The van der Waals surface area contributed by atoms with Crippen LogP contribution in [0, 0.1) is 0 Å². The predicted molar refractivity (Wildman–Crippen MR) is 107 cm³/mol. The van der Waals surface area contributed by atoms with Crippen molar-refractivity contribution in [3.63, 3.8) is 0 Å². The van der Waals surface area contributed by atoms with Gasteiger partial charge >= 0.3 is 0 Å². The van der Waals surface area contributed by atoms with Gasteiger partial charge in [-0.15, -0.1) is 10.2 Å². The number of carbonyl (C=O) groups excluding carboxylic acids is 1. The number of methoxy groups -OCH3 is 1. The summed E-state index contributed by atoms with van der Waals surface area (Å²) in [6.45, 7) is 3.40. The molecule has 1 saturated carbocycles. The van der Waals surface area contributed by atoms with Crippen molar-refractivity contribution in [3.8, 4) is 17.1 Å². The summed E-state index contributed by atoms with van der Waals surface area (Å²) < 4.78 is 13.2. The number of nitrogens with zero attached hydrogens (tertiary/aromatic N) is 3. The maximum absolute atomic E-state index is 12.4. The quantitative estimate of drug-likeness (QED) is 0.684. The first-order valence-corrected chi connectivity index (χ1v) is 10.7. The third-order valence-electron chi connectivity index (χ3n) is 5.05. The normalized spacial score (nSPS) is 20.1. The molecule has 1 saturated heterocycles. The summed E-state index contributed by atoms with van der Waals surface area (Å²) in [6, 6.07) is 8.15. The van der Waals surface area contributed by atoms with Gasteiger partial charge in [-0.1, -0.05) is 11.8 Å². The Morgan fingerprint density at radius 3 is 2.75 bits per heavy atom. The standard InChI is InChI=1S/C20H26N4O3S/c1-13(19(25)21-15-7-8-15)28-20-23-22-18(14-5-9-16(26-2)10-6-14)24(20)12-17-4-3-11-27-17/h5-6,9-10,13,15,17H,3-4,7-8,11-12H2,1-2H3,(H,21,25)/t13-,17+/m1/s1. The van der Waals surface area contributed by atoms with E-state index in [2.05, 4.69) is 20.1 Å². The molecule has 0 spiro atoms. The Kier molecular flexibility index (Phi) is 5.87. The van der Waals surface area contributed by atoms with Gasteiger partial charge in [0.2, 0.25) is 5.91 Å². The molecule has 2 heterocycles. The average molecular weight is 403 g/mol. The van der Waals surface area contributed by atoms with Gasteiger partial charge in [-0.25, -0.2) is 0 Å². The Balaban J connectivity index is 1.57. The Labute approximate surface area is 169 Å². The first-order valence-electron chi connectivity index (χ1n) is 9.80. The van der Waals surface area contributed by atoms with Gasteiger partial charge in [0.25, 0.3) is 0 Å². The van der Waals surface area contributed by atoms with Crippen LogP contribution in [0.15, 0.2) is 29.4 Å². The summed E-state index contributed by atoms with van der Waals surface area (Å²) >= 11 is 1.45. The van der Waals surface area contributed by atoms with Gasteiger partial charge < -0.3 is 14.8 Å². The van der Waals surface area contributed by atoms with E-state index in [0.29, 0.717) is 12.6 Å². The highest BCUT2D eigenvalue weighted by Gasteiger charge is 2.28. The van der Waals surface area contributed by atoms with Crippen LogP contribution < -0.4 is 10.1 Å². The van der Waals surface area contributed by atoms with Gasteiger partial charge in [-0.05, 0) is 56.9 Å². The van der Waals surface area contributed by atoms with Crippen LogP contribution in [-0.4, -0.2) is 51.8 Å². The van der Waals surface area contributed by atoms with E-state index in [1.807, 2.05) is 31.2 Å². The van der Waals surface area contributed by atoms with Crippen molar-refractivity contribution in [1.82, 2.24) is 20.1 Å². The molecule has 1 aromatic heterocycles. The summed E-state index contributed by atoms with van der Waals surface area (Å²) in [7, 11) is 1.65. The maximum atomic E-state index is 12.4. The molecule has 0 radical (unpaired) electrons. The number of aromatic nitrogens is 3. The molecule has 2 aromatic rings. The summed E-state index contributed by atoms with van der Waals surface area (Å²) in [4.78, 5) is 12.4. The molecule has 1 aliphatic carbocycles. The summed E-state index contributed by atoms with van der Waals surface area (Å²) in [6.07, 6.45) is 4.43. The first kappa shape index (κ1) is 19.3. The average Bonchev–Trinajstić information content (AvgIpc) is 3.22. The number of rotatable bonds is 8. The van der Waals surface area contributed by atoms with Gasteiger partial charge in [0.15, 0.2) is 11.0 Å². The molecule has 150 valence electrons. The molecule has 28 heavy (non-hydrogen) atoms. The highest BCUT2D eigenvalue weighted by atomic mass is 32.2. The summed E-state index contributed by atoms with van der Waals surface area (Å²) in [5.74, 6) is 1.65. The highest BCUT2D eigenvalue weighted by molar-refractivity contribution is 8.00. The maximum Gasteiger partial charge on any atom is 0.233 e. The molecule has 1 aromatic carbocycles. The van der Waals surface area contributed by atoms with E-state index >= 15 is 0 Å². The number of ether oxygens (including phenoxy) is 2. The van der Waals surface area contributed by atoms with Gasteiger partial charge in [0, 0.05) is 18.2 Å². The minimum absolute atomic E-state index is 0.0603. The molecule has 2 fully saturated rings. The fourth-order valence-electron chi connectivity index (χ4n) is 3.24. The zero-order chi connectivity index (χ0) is 19.5. The Morgan fingerprint density at radius 2 is 2.11 bits per heavy atom. The third kappa shape index (κ3) is 4.50. The van der Waals surface area contributed by atoms with Gasteiger partial charge in [-0.3, -0.25) is 9.36 Å². The van der Waals surface area contributed by atoms with Crippen LogP contribution in [-0.2, 0) is 16.1 Å². The van der Waals surface area contributed by atoms with E-state index in [1.54, 1.807) is 7.11 Å². The molecule has 8 heteroatoms. The Hall–Kier alpha value is -2.06. The Morgan fingerprint density at radius 1 is 1.32 bits per heavy atom. The minimum atomic E-state index is -0.225. The number of hydrogen-bond donors (Lipinski definition) is 1. The lowest BCUT2D eigenvalue weighted by Crippen LogP contribution is -2.32. The van der Waals surface area contributed by atoms with E-state index in [9.17, 15) is 4.79 Å². The number of carbonyl (C=O) groups is 1. The van der Waals surface area contributed by atoms with Crippen LogP contribution in [0.4, 0.5) is 0 Å².